The Hall–Kier alpha value is -3.03. The van der Waals surface area contributed by atoms with E-state index in [1.165, 1.54) is 0 Å². The Labute approximate surface area is 233 Å². The zero-order chi connectivity index (χ0) is 27.8. The number of carbonyl (C=O) groups is 1. The lowest BCUT2D eigenvalue weighted by Crippen LogP contribution is -2.60. The van der Waals surface area contributed by atoms with Gasteiger partial charge in [-0.15, -0.1) is 0 Å². The number of rotatable bonds is 8. The van der Waals surface area contributed by atoms with Crippen LogP contribution in [0.5, 0.6) is 0 Å². The van der Waals surface area contributed by atoms with E-state index < -0.39 is 16.8 Å². The Bertz CT molecular complexity index is 1240. The molecule has 1 aromatic heterocycles. The van der Waals surface area contributed by atoms with Gasteiger partial charge in [-0.05, 0) is 93.3 Å². The number of nitriles is 1. The fraction of sp³-hybridized carbons (Fsp3) is 0.586. The number of nitrogens with one attached hydrogen (secondary N) is 3. The van der Waals surface area contributed by atoms with Crippen molar-refractivity contribution < 1.29 is 14.1 Å². The van der Waals surface area contributed by atoms with Gasteiger partial charge in [0, 0.05) is 24.7 Å². The van der Waals surface area contributed by atoms with Crippen molar-refractivity contribution in [3.05, 3.63) is 41.6 Å². The molecule has 2 aromatic rings. The van der Waals surface area contributed by atoms with Crippen molar-refractivity contribution >= 4 is 29.0 Å². The molecular weight excluding hydrogens is 512 g/mol. The van der Waals surface area contributed by atoms with Crippen molar-refractivity contribution in [2.24, 2.45) is 23.2 Å². The van der Waals surface area contributed by atoms with Crippen LogP contribution in [0.15, 0.2) is 35.4 Å². The van der Waals surface area contributed by atoms with Crippen LogP contribution in [0.25, 0.3) is 0 Å². The van der Waals surface area contributed by atoms with E-state index >= 15 is 0 Å². The standard InChI is InChI=1S/C29H38N6O3S/c1-28(2,3)38-27(36)34-24-20-9-18-10-21(24)13-29(11-18,12-20)17-33-25-22(14-30)16-32-26(35-25)31-15-19-7-5-6-8-23(19)39(4)37/h5-8,16,18,20-21,24H,9-13,15,17H2,1-4H3,(H,34,36)(H2,31,32,33,35)/t18?,20-,21+,24-,29-,39?. The first kappa shape index (κ1) is 27.5. The van der Waals surface area contributed by atoms with Gasteiger partial charge in [-0.25, -0.2) is 9.78 Å². The number of anilines is 2. The lowest BCUT2D eigenvalue weighted by molar-refractivity contribution is -0.0703. The highest BCUT2D eigenvalue weighted by molar-refractivity contribution is 7.90. The maximum atomic E-state index is 12.5. The first-order valence-corrected chi connectivity index (χ1v) is 15.3. The molecule has 2 unspecified atom stereocenters. The predicted molar refractivity (Wildman–Crippen MR) is 150 cm³/mol. The highest BCUT2D eigenvalue weighted by atomic mass is 32.2. The van der Waals surface area contributed by atoms with Gasteiger partial charge < -0.3 is 25.2 Å². The third kappa shape index (κ3) is 6.25. The van der Waals surface area contributed by atoms with Crippen LogP contribution >= 0.6 is 0 Å². The molecule has 4 aliphatic carbocycles. The topological polar surface area (TPSA) is 135 Å². The molecular formula is C29H38N6O3S. The molecule has 3 N–H and O–H groups in total. The number of hydrogen-bond donors (Lipinski definition) is 3. The number of amides is 1. The molecule has 4 fully saturated rings. The number of nitrogens with zero attached hydrogens (tertiary/aromatic N) is 3. The second-order valence-corrected chi connectivity index (χ2v) is 13.8. The molecule has 0 saturated heterocycles. The molecule has 39 heavy (non-hydrogen) atoms. The van der Waals surface area contributed by atoms with Gasteiger partial charge in [-0.1, -0.05) is 18.2 Å². The molecule has 6 rings (SSSR count). The Morgan fingerprint density at radius 1 is 1.21 bits per heavy atom. The SMILES string of the molecule is C[S+]([O-])c1ccccc1CNc1ncc(C#N)c(NC[C@]23CC4C[C@H](C2)[C@@H](NC(=O)OC(C)(C)C)[C@@H](C4)C3)n1. The van der Waals surface area contributed by atoms with Crippen molar-refractivity contribution in [1.29, 1.82) is 5.26 Å². The van der Waals surface area contributed by atoms with E-state index in [0.29, 0.717) is 41.6 Å². The monoisotopic (exact) mass is 550 g/mol. The Morgan fingerprint density at radius 3 is 2.59 bits per heavy atom. The quantitative estimate of drug-likeness (QED) is 0.398. The van der Waals surface area contributed by atoms with Gasteiger partial charge in [0.15, 0.2) is 4.90 Å². The molecule has 9 nitrogen and oxygen atoms in total. The summed E-state index contributed by atoms with van der Waals surface area (Å²) in [4.78, 5) is 22.3. The number of aromatic nitrogens is 2. The highest BCUT2D eigenvalue weighted by Gasteiger charge is 2.55. The second-order valence-electron chi connectivity index (χ2n) is 12.5. The van der Waals surface area contributed by atoms with Crippen molar-refractivity contribution in [3.63, 3.8) is 0 Å². The number of carbonyl (C=O) groups excluding carboxylic acids is 1. The molecule has 0 spiro atoms. The van der Waals surface area contributed by atoms with Crippen molar-refractivity contribution in [1.82, 2.24) is 15.3 Å². The molecule has 4 bridgehead atoms. The largest absolute Gasteiger partial charge is 0.612 e. The number of alkyl carbamates (subject to hydrolysis) is 1. The minimum Gasteiger partial charge on any atom is -0.612 e. The molecule has 0 radical (unpaired) electrons. The van der Waals surface area contributed by atoms with Gasteiger partial charge in [0.1, 0.15) is 29.3 Å². The second kappa shape index (κ2) is 10.9. The van der Waals surface area contributed by atoms with Gasteiger partial charge >= 0.3 is 6.09 Å². The molecule has 1 amide bonds. The summed E-state index contributed by atoms with van der Waals surface area (Å²) in [6.45, 7) is 6.83. The molecule has 1 aromatic carbocycles. The lowest BCUT2D eigenvalue weighted by Gasteiger charge is -2.60. The summed E-state index contributed by atoms with van der Waals surface area (Å²) >= 11 is -1.09. The zero-order valence-electron chi connectivity index (χ0n) is 23.1. The summed E-state index contributed by atoms with van der Waals surface area (Å²) in [5, 5.41) is 19.6. The van der Waals surface area contributed by atoms with E-state index in [1.54, 1.807) is 12.5 Å². The van der Waals surface area contributed by atoms with E-state index in [0.717, 1.165) is 49.1 Å². The van der Waals surface area contributed by atoms with Crippen LogP contribution < -0.4 is 16.0 Å². The van der Waals surface area contributed by atoms with Gasteiger partial charge in [-0.3, -0.25) is 0 Å². The maximum Gasteiger partial charge on any atom is 0.407 e. The smallest absolute Gasteiger partial charge is 0.407 e. The summed E-state index contributed by atoms with van der Waals surface area (Å²) in [7, 11) is 0. The molecule has 4 aliphatic rings. The average Bonchev–Trinajstić information content (AvgIpc) is 2.87. The molecule has 4 saturated carbocycles. The first-order valence-electron chi connectivity index (χ1n) is 13.7. The summed E-state index contributed by atoms with van der Waals surface area (Å²) in [6.07, 6.45) is 8.42. The summed E-state index contributed by atoms with van der Waals surface area (Å²) < 4.78 is 17.6. The fourth-order valence-electron chi connectivity index (χ4n) is 7.15. The van der Waals surface area contributed by atoms with Gasteiger partial charge in [0.05, 0.1) is 6.20 Å². The molecule has 1 heterocycles. The molecule has 0 aliphatic heterocycles. The predicted octanol–water partition coefficient (Wildman–Crippen LogP) is 4.83. The number of hydrogen-bond acceptors (Lipinski definition) is 8. The van der Waals surface area contributed by atoms with Crippen molar-refractivity contribution in [2.45, 2.75) is 76.0 Å². The average molecular weight is 551 g/mol. The minimum absolute atomic E-state index is 0.123. The van der Waals surface area contributed by atoms with Crippen LogP contribution in [0.1, 0.15) is 64.0 Å². The summed E-state index contributed by atoms with van der Waals surface area (Å²) in [6, 6.07) is 9.96. The van der Waals surface area contributed by atoms with E-state index in [9.17, 15) is 14.6 Å². The Kier molecular flexibility index (Phi) is 7.66. The zero-order valence-corrected chi connectivity index (χ0v) is 23.9. The molecule has 208 valence electrons. The fourth-order valence-corrected chi connectivity index (χ4v) is 7.93. The maximum absolute atomic E-state index is 12.5. The van der Waals surface area contributed by atoms with Crippen LogP contribution in [0.3, 0.4) is 0 Å². The van der Waals surface area contributed by atoms with E-state index in [4.69, 9.17) is 4.74 Å². The van der Waals surface area contributed by atoms with Crippen LogP contribution in [0.4, 0.5) is 16.6 Å². The Balaban J connectivity index is 1.24. The minimum atomic E-state index is -1.09. The van der Waals surface area contributed by atoms with Crippen LogP contribution in [-0.4, -0.2) is 45.1 Å². The third-order valence-corrected chi connectivity index (χ3v) is 9.36. The highest BCUT2D eigenvalue weighted by Crippen LogP contribution is 2.60. The van der Waals surface area contributed by atoms with Crippen molar-refractivity contribution in [2.75, 3.05) is 23.4 Å². The van der Waals surface area contributed by atoms with E-state index in [2.05, 4.69) is 32.0 Å². The van der Waals surface area contributed by atoms with Crippen LogP contribution in [0, 0.1) is 34.5 Å². The third-order valence-electron chi connectivity index (χ3n) is 8.34. The number of benzene rings is 1. The van der Waals surface area contributed by atoms with E-state index in [-0.39, 0.29) is 17.6 Å². The van der Waals surface area contributed by atoms with Crippen molar-refractivity contribution in [3.8, 4) is 6.07 Å². The normalized spacial score (nSPS) is 27.9. The lowest BCUT2D eigenvalue weighted by atomic mass is 9.48. The molecule has 10 heteroatoms. The van der Waals surface area contributed by atoms with Gasteiger partial charge in [0.2, 0.25) is 5.95 Å². The first-order chi connectivity index (χ1) is 18.5. The van der Waals surface area contributed by atoms with Gasteiger partial charge in [0.25, 0.3) is 0 Å². The summed E-state index contributed by atoms with van der Waals surface area (Å²) in [5.74, 6) is 2.49. The van der Waals surface area contributed by atoms with E-state index in [1.807, 2.05) is 45.0 Å². The Morgan fingerprint density at radius 2 is 1.92 bits per heavy atom. The number of ether oxygens (including phenoxy) is 1. The summed E-state index contributed by atoms with van der Waals surface area (Å²) in [5.41, 5.74) is 0.940. The van der Waals surface area contributed by atoms with Crippen LogP contribution in [0.2, 0.25) is 0 Å². The molecule has 6 atom stereocenters. The van der Waals surface area contributed by atoms with Gasteiger partial charge in [-0.2, -0.15) is 10.2 Å². The van der Waals surface area contributed by atoms with Crippen LogP contribution in [-0.2, 0) is 22.5 Å².